The van der Waals surface area contributed by atoms with Gasteiger partial charge in [-0.3, -0.25) is 4.79 Å². The van der Waals surface area contributed by atoms with Gasteiger partial charge < -0.3 is 11.1 Å². The Labute approximate surface area is 106 Å². The Morgan fingerprint density at radius 2 is 2.11 bits per heavy atom. The molecule has 18 heavy (non-hydrogen) atoms. The van der Waals surface area contributed by atoms with Gasteiger partial charge in [0.2, 0.25) is 0 Å². The summed E-state index contributed by atoms with van der Waals surface area (Å²) in [6, 6.07) is 11.3. The third-order valence-corrected chi connectivity index (χ3v) is 2.88. The van der Waals surface area contributed by atoms with Gasteiger partial charge in [0, 0.05) is 18.0 Å². The van der Waals surface area contributed by atoms with Gasteiger partial charge in [-0.2, -0.15) is 0 Å². The van der Waals surface area contributed by atoms with Crippen LogP contribution in [0.2, 0.25) is 0 Å². The van der Waals surface area contributed by atoms with Crippen LogP contribution >= 0.6 is 0 Å². The first-order chi connectivity index (χ1) is 8.70. The van der Waals surface area contributed by atoms with Crippen LogP contribution in [0.1, 0.15) is 23.8 Å². The number of hydrogen-bond donors (Lipinski definition) is 2. The first-order valence-corrected chi connectivity index (χ1v) is 6.10. The number of para-hydroxylation sites is 1. The average molecular weight is 243 g/mol. The summed E-state index contributed by atoms with van der Waals surface area (Å²) in [5.74, 6) is -0.176. The van der Waals surface area contributed by atoms with E-state index in [1.807, 2.05) is 37.3 Å². The van der Waals surface area contributed by atoms with Crippen molar-refractivity contribution in [3.63, 3.8) is 0 Å². The van der Waals surface area contributed by atoms with Gasteiger partial charge in [0.1, 0.15) is 5.69 Å². The van der Waals surface area contributed by atoms with E-state index in [1.54, 1.807) is 6.07 Å². The maximum absolute atomic E-state index is 11.9. The Balaban J connectivity index is 2.13. The fourth-order valence-electron chi connectivity index (χ4n) is 1.65. The van der Waals surface area contributed by atoms with Crippen LogP contribution in [0.15, 0.2) is 36.4 Å². The van der Waals surface area contributed by atoms with E-state index in [4.69, 9.17) is 5.73 Å². The molecular formula is C14H17N3O. The predicted octanol–water partition coefficient (Wildman–Crippen LogP) is 1.70. The molecule has 0 aliphatic heterocycles. The van der Waals surface area contributed by atoms with Crippen molar-refractivity contribution >= 4 is 16.8 Å². The summed E-state index contributed by atoms with van der Waals surface area (Å²) in [5, 5.41) is 3.82. The number of nitrogens with two attached hydrogens (primary N) is 1. The van der Waals surface area contributed by atoms with Crippen LogP contribution in [0.4, 0.5) is 0 Å². The second-order valence-corrected chi connectivity index (χ2v) is 4.27. The molecule has 1 amide bonds. The monoisotopic (exact) mass is 243 g/mol. The van der Waals surface area contributed by atoms with E-state index >= 15 is 0 Å². The molecule has 1 heterocycles. The number of pyridine rings is 1. The van der Waals surface area contributed by atoms with E-state index in [1.165, 1.54) is 0 Å². The van der Waals surface area contributed by atoms with Crippen LogP contribution in [0, 0.1) is 0 Å². The number of carbonyl (C=O) groups is 1. The summed E-state index contributed by atoms with van der Waals surface area (Å²) in [7, 11) is 0. The maximum Gasteiger partial charge on any atom is 0.269 e. The number of hydrogen-bond acceptors (Lipinski definition) is 3. The quantitative estimate of drug-likeness (QED) is 0.858. The number of rotatable bonds is 4. The lowest BCUT2D eigenvalue weighted by Gasteiger charge is -2.10. The van der Waals surface area contributed by atoms with Gasteiger partial charge in [-0.15, -0.1) is 0 Å². The van der Waals surface area contributed by atoms with Gasteiger partial charge in [0.15, 0.2) is 0 Å². The van der Waals surface area contributed by atoms with E-state index in [2.05, 4.69) is 10.3 Å². The molecule has 0 saturated carbocycles. The minimum absolute atomic E-state index is 0.00518. The summed E-state index contributed by atoms with van der Waals surface area (Å²) in [5.41, 5.74) is 7.01. The average Bonchev–Trinajstić information content (AvgIpc) is 2.43. The molecule has 0 bridgehead atoms. The highest BCUT2D eigenvalue weighted by atomic mass is 16.1. The smallest absolute Gasteiger partial charge is 0.269 e. The van der Waals surface area contributed by atoms with Gasteiger partial charge in [0.25, 0.3) is 5.91 Å². The normalized spacial score (nSPS) is 12.3. The van der Waals surface area contributed by atoms with E-state index in [-0.39, 0.29) is 11.9 Å². The Morgan fingerprint density at radius 3 is 2.89 bits per heavy atom. The number of aromatic nitrogens is 1. The Morgan fingerprint density at radius 1 is 1.33 bits per heavy atom. The van der Waals surface area contributed by atoms with Crippen molar-refractivity contribution < 1.29 is 4.79 Å². The number of nitrogens with one attached hydrogen (secondary N) is 1. The first kappa shape index (κ1) is 12.5. The van der Waals surface area contributed by atoms with Crippen molar-refractivity contribution in [3.05, 3.63) is 42.1 Å². The molecule has 0 spiro atoms. The molecule has 1 atom stereocenters. The topological polar surface area (TPSA) is 68.0 Å². The zero-order chi connectivity index (χ0) is 13.0. The summed E-state index contributed by atoms with van der Waals surface area (Å²) >= 11 is 0. The summed E-state index contributed by atoms with van der Waals surface area (Å²) < 4.78 is 0. The molecule has 0 aliphatic carbocycles. The molecule has 2 rings (SSSR count). The standard InChI is InChI=1S/C14H17N3O/c1-2-11(15)9-16-14(18)13-8-7-10-5-3-4-6-12(10)17-13/h3-8,11H,2,9,15H2,1H3,(H,16,18). The zero-order valence-corrected chi connectivity index (χ0v) is 10.4. The van der Waals surface area contributed by atoms with Crippen molar-refractivity contribution in [1.82, 2.24) is 10.3 Å². The number of fused-ring (bicyclic) bond motifs is 1. The number of benzene rings is 1. The minimum Gasteiger partial charge on any atom is -0.349 e. The van der Waals surface area contributed by atoms with Crippen molar-refractivity contribution in [2.24, 2.45) is 5.73 Å². The van der Waals surface area contributed by atoms with Gasteiger partial charge in [-0.25, -0.2) is 4.98 Å². The van der Waals surface area contributed by atoms with Crippen LogP contribution in [-0.2, 0) is 0 Å². The highest BCUT2D eigenvalue weighted by molar-refractivity contribution is 5.94. The van der Waals surface area contributed by atoms with Crippen LogP contribution in [-0.4, -0.2) is 23.5 Å². The molecule has 1 aromatic heterocycles. The Kier molecular flexibility index (Phi) is 3.89. The lowest BCUT2D eigenvalue weighted by molar-refractivity contribution is 0.0946. The summed E-state index contributed by atoms with van der Waals surface area (Å²) in [6.45, 7) is 2.47. The van der Waals surface area contributed by atoms with Gasteiger partial charge in [-0.1, -0.05) is 31.2 Å². The Bertz CT molecular complexity index is 553. The van der Waals surface area contributed by atoms with Crippen LogP contribution < -0.4 is 11.1 Å². The summed E-state index contributed by atoms with van der Waals surface area (Å²) in [4.78, 5) is 16.2. The van der Waals surface area contributed by atoms with Crippen molar-refractivity contribution in [2.75, 3.05) is 6.54 Å². The molecule has 1 unspecified atom stereocenters. The highest BCUT2D eigenvalue weighted by Gasteiger charge is 2.08. The van der Waals surface area contributed by atoms with Gasteiger partial charge in [0.05, 0.1) is 5.52 Å². The van der Waals surface area contributed by atoms with E-state index < -0.39 is 0 Å². The molecule has 0 radical (unpaired) electrons. The SMILES string of the molecule is CCC(N)CNC(=O)c1ccc2ccccc2n1. The zero-order valence-electron chi connectivity index (χ0n) is 10.4. The highest BCUT2D eigenvalue weighted by Crippen LogP contribution is 2.11. The van der Waals surface area contributed by atoms with Crippen molar-refractivity contribution in [2.45, 2.75) is 19.4 Å². The largest absolute Gasteiger partial charge is 0.349 e. The predicted molar refractivity (Wildman–Crippen MR) is 72.3 cm³/mol. The molecule has 94 valence electrons. The lowest BCUT2D eigenvalue weighted by Crippen LogP contribution is -2.37. The number of nitrogens with zero attached hydrogens (tertiary/aromatic N) is 1. The third-order valence-electron chi connectivity index (χ3n) is 2.88. The maximum atomic E-state index is 11.9. The molecule has 3 N–H and O–H groups in total. The second-order valence-electron chi connectivity index (χ2n) is 4.27. The van der Waals surface area contributed by atoms with E-state index in [0.717, 1.165) is 17.3 Å². The van der Waals surface area contributed by atoms with Gasteiger partial charge in [-0.05, 0) is 18.6 Å². The fraction of sp³-hybridized carbons (Fsp3) is 0.286. The molecule has 4 heteroatoms. The van der Waals surface area contributed by atoms with E-state index in [0.29, 0.717) is 12.2 Å². The van der Waals surface area contributed by atoms with Crippen LogP contribution in [0.5, 0.6) is 0 Å². The van der Waals surface area contributed by atoms with Crippen molar-refractivity contribution in [1.29, 1.82) is 0 Å². The molecule has 4 nitrogen and oxygen atoms in total. The van der Waals surface area contributed by atoms with Crippen molar-refractivity contribution in [3.8, 4) is 0 Å². The van der Waals surface area contributed by atoms with Gasteiger partial charge >= 0.3 is 0 Å². The number of amides is 1. The minimum atomic E-state index is -0.176. The molecule has 0 saturated heterocycles. The summed E-state index contributed by atoms with van der Waals surface area (Å²) in [6.07, 6.45) is 0.839. The van der Waals surface area contributed by atoms with E-state index in [9.17, 15) is 4.79 Å². The molecule has 0 aliphatic rings. The third kappa shape index (κ3) is 2.84. The second kappa shape index (κ2) is 5.60. The molecular weight excluding hydrogens is 226 g/mol. The first-order valence-electron chi connectivity index (χ1n) is 6.10. The Hall–Kier alpha value is -1.94. The molecule has 0 fully saturated rings. The lowest BCUT2D eigenvalue weighted by atomic mass is 10.2. The molecule has 2 aromatic rings. The number of carbonyl (C=O) groups excluding carboxylic acids is 1. The molecule has 1 aromatic carbocycles. The fourth-order valence-corrected chi connectivity index (χ4v) is 1.65. The van der Waals surface area contributed by atoms with Crippen LogP contribution in [0.25, 0.3) is 10.9 Å². The van der Waals surface area contributed by atoms with Crippen LogP contribution in [0.3, 0.4) is 0 Å².